The summed E-state index contributed by atoms with van der Waals surface area (Å²) in [4.78, 5) is 33.3. The molecule has 4 aromatic rings. The van der Waals surface area contributed by atoms with Crippen LogP contribution >= 0.6 is 23.1 Å². The molecule has 3 heterocycles. The Kier molecular flexibility index (Phi) is 4.66. The van der Waals surface area contributed by atoms with E-state index in [0.717, 1.165) is 17.1 Å². The summed E-state index contributed by atoms with van der Waals surface area (Å²) in [5, 5.41) is 3.22. The lowest BCUT2D eigenvalue weighted by atomic mass is 10.2. The molecule has 1 N–H and O–H groups in total. The number of fused-ring (bicyclic) bond motifs is 1. The molecule has 7 nitrogen and oxygen atoms in total. The number of anilines is 1. The standard InChI is InChI=1S/C18H12ClN5O2S/c19-12-2-1-3-13(8-12)22-14(25)9-24-10-21-16-15(11-4-6-20-7-5-11)23-27-17(16)18(24)26/h1-8,10H,9H2,(H,22,25). The molecule has 0 saturated heterocycles. The molecule has 27 heavy (non-hydrogen) atoms. The number of nitrogens with one attached hydrogen (secondary N) is 1. The first-order chi connectivity index (χ1) is 13.1. The smallest absolute Gasteiger partial charge is 0.273 e. The number of carbonyl (C=O) groups is 1. The van der Waals surface area contributed by atoms with Gasteiger partial charge < -0.3 is 5.32 Å². The maximum absolute atomic E-state index is 12.7. The van der Waals surface area contributed by atoms with E-state index in [9.17, 15) is 9.59 Å². The van der Waals surface area contributed by atoms with E-state index in [0.29, 0.717) is 26.6 Å². The van der Waals surface area contributed by atoms with Crippen LogP contribution in [0, 0.1) is 0 Å². The van der Waals surface area contributed by atoms with Crippen LogP contribution in [0.4, 0.5) is 5.69 Å². The lowest BCUT2D eigenvalue weighted by molar-refractivity contribution is -0.116. The zero-order valence-electron chi connectivity index (χ0n) is 13.8. The lowest BCUT2D eigenvalue weighted by Gasteiger charge is -2.07. The van der Waals surface area contributed by atoms with Crippen LogP contribution in [0.3, 0.4) is 0 Å². The van der Waals surface area contributed by atoms with Crippen molar-refractivity contribution in [3.05, 3.63) is 70.5 Å². The average Bonchev–Trinajstić information content (AvgIpc) is 3.09. The van der Waals surface area contributed by atoms with E-state index in [-0.39, 0.29) is 18.0 Å². The third-order valence-corrected chi connectivity index (χ3v) is 4.88. The highest BCUT2D eigenvalue weighted by atomic mass is 35.5. The molecule has 0 radical (unpaired) electrons. The van der Waals surface area contributed by atoms with E-state index in [4.69, 9.17) is 11.6 Å². The first-order valence-electron chi connectivity index (χ1n) is 7.92. The second-order valence-electron chi connectivity index (χ2n) is 5.68. The minimum Gasteiger partial charge on any atom is -0.324 e. The molecule has 0 fully saturated rings. The molecule has 0 spiro atoms. The van der Waals surface area contributed by atoms with Crippen molar-refractivity contribution in [2.75, 3.05) is 5.32 Å². The topological polar surface area (TPSA) is 89.8 Å². The Labute approximate surface area is 162 Å². The maximum atomic E-state index is 12.7. The van der Waals surface area contributed by atoms with Crippen LogP contribution in [0.15, 0.2) is 59.9 Å². The third-order valence-electron chi connectivity index (χ3n) is 3.83. The Morgan fingerprint density at radius 3 is 2.81 bits per heavy atom. The first kappa shape index (κ1) is 17.3. The minimum absolute atomic E-state index is 0.156. The van der Waals surface area contributed by atoms with E-state index in [1.807, 2.05) is 0 Å². The van der Waals surface area contributed by atoms with E-state index < -0.39 is 0 Å². The molecule has 0 unspecified atom stereocenters. The van der Waals surface area contributed by atoms with Gasteiger partial charge in [-0.3, -0.25) is 19.1 Å². The average molecular weight is 398 g/mol. The van der Waals surface area contributed by atoms with Crippen molar-refractivity contribution in [2.24, 2.45) is 0 Å². The second-order valence-corrected chi connectivity index (χ2v) is 6.89. The van der Waals surface area contributed by atoms with Crippen molar-refractivity contribution >= 4 is 44.9 Å². The van der Waals surface area contributed by atoms with Gasteiger partial charge in [0.2, 0.25) is 5.91 Å². The summed E-state index contributed by atoms with van der Waals surface area (Å²) in [5.74, 6) is -0.348. The van der Waals surface area contributed by atoms with Gasteiger partial charge in [0, 0.05) is 28.7 Å². The second kappa shape index (κ2) is 7.26. The van der Waals surface area contributed by atoms with Crippen LogP contribution < -0.4 is 10.9 Å². The number of benzene rings is 1. The van der Waals surface area contributed by atoms with Crippen molar-refractivity contribution in [2.45, 2.75) is 6.54 Å². The predicted octanol–water partition coefficient (Wildman–Crippen LogP) is 3.21. The van der Waals surface area contributed by atoms with Gasteiger partial charge in [-0.25, -0.2) is 4.98 Å². The van der Waals surface area contributed by atoms with Crippen molar-refractivity contribution < 1.29 is 4.79 Å². The number of amides is 1. The maximum Gasteiger partial charge on any atom is 0.273 e. The Hall–Kier alpha value is -3.10. The molecule has 0 aliphatic rings. The molecule has 0 bridgehead atoms. The summed E-state index contributed by atoms with van der Waals surface area (Å²) in [6.45, 7) is -0.156. The number of rotatable bonds is 4. The van der Waals surface area contributed by atoms with Gasteiger partial charge in [0.1, 0.15) is 22.5 Å². The molecule has 3 aromatic heterocycles. The third kappa shape index (κ3) is 3.57. The highest BCUT2D eigenvalue weighted by molar-refractivity contribution is 7.13. The zero-order valence-corrected chi connectivity index (χ0v) is 15.4. The molecule has 4 rings (SSSR count). The first-order valence-corrected chi connectivity index (χ1v) is 9.07. The number of pyridine rings is 1. The van der Waals surface area contributed by atoms with Crippen molar-refractivity contribution in [3.8, 4) is 11.3 Å². The molecule has 134 valence electrons. The Balaban J connectivity index is 1.61. The number of hydrogen-bond acceptors (Lipinski definition) is 6. The fraction of sp³-hybridized carbons (Fsp3) is 0.0556. The van der Waals surface area contributed by atoms with Crippen LogP contribution in [-0.4, -0.2) is 24.8 Å². The Bertz CT molecular complexity index is 1190. The minimum atomic E-state index is -0.348. The number of hydrogen-bond donors (Lipinski definition) is 1. The van der Waals surface area contributed by atoms with Crippen molar-refractivity contribution in [1.82, 2.24) is 18.9 Å². The summed E-state index contributed by atoms with van der Waals surface area (Å²) in [5.41, 5.74) is 2.23. The SMILES string of the molecule is O=C(Cn1cnc2c(-c3ccncc3)nsc2c1=O)Nc1cccc(Cl)c1. The number of halogens is 1. The van der Waals surface area contributed by atoms with Gasteiger partial charge in [0.25, 0.3) is 5.56 Å². The molecule has 0 saturated carbocycles. The van der Waals surface area contributed by atoms with Gasteiger partial charge in [-0.05, 0) is 41.9 Å². The quantitative estimate of drug-likeness (QED) is 0.571. The fourth-order valence-electron chi connectivity index (χ4n) is 2.59. The van der Waals surface area contributed by atoms with Crippen LogP contribution in [0.25, 0.3) is 21.5 Å². The van der Waals surface area contributed by atoms with Crippen LogP contribution in [0.1, 0.15) is 0 Å². The highest BCUT2D eigenvalue weighted by Gasteiger charge is 2.15. The molecule has 1 amide bonds. The largest absolute Gasteiger partial charge is 0.324 e. The summed E-state index contributed by atoms with van der Waals surface area (Å²) >= 11 is 6.97. The predicted molar refractivity (Wildman–Crippen MR) is 105 cm³/mol. The van der Waals surface area contributed by atoms with E-state index in [2.05, 4.69) is 19.7 Å². The summed E-state index contributed by atoms with van der Waals surface area (Å²) < 4.78 is 6.01. The number of carbonyl (C=O) groups excluding carboxylic acids is 1. The van der Waals surface area contributed by atoms with Crippen LogP contribution in [0.5, 0.6) is 0 Å². The molecule has 0 atom stereocenters. The summed E-state index contributed by atoms with van der Waals surface area (Å²) in [6, 6.07) is 10.4. The highest BCUT2D eigenvalue weighted by Crippen LogP contribution is 2.26. The van der Waals surface area contributed by atoms with Gasteiger partial charge in [0.15, 0.2) is 0 Å². The van der Waals surface area contributed by atoms with Gasteiger partial charge in [-0.15, -0.1) is 0 Å². The fourth-order valence-corrected chi connectivity index (χ4v) is 3.58. The Morgan fingerprint density at radius 2 is 2.04 bits per heavy atom. The number of aromatic nitrogens is 4. The van der Waals surface area contributed by atoms with E-state index >= 15 is 0 Å². The number of nitrogens with zero attached hydrogens (tertiary/aromatic N) is 4. The lowest BCUT2D eigenvalue weighted by Crippen LogP contribution is -2.27. The zero-order chi connectivity index (χ0) is 18.8. The Morgan fingerprint density at radius 1 is 1.22 bits per heavy atom. The van der Waals surface area contributed by atoms with Crippen LogP contribution in [0.2, 0.25) is 5.02 Å². The van der Waals surface area contributed by atoms with Gasteiger partial charge in [-0.2, -0.15) is 4.37 Å². The van der Waals surface area contributed by atoms with Crippen molar-refractivity contribution in [3.63, 3.8) is 0 Å². The van der Waals surface area contributed by atoms with Gasteiger partial charge in [0.05, 0.1) is 6.33 Å². The van der Waals surface area contributed by atoms with Gasteiger partial charge >= 0.3 is 0 Å². The molecular formula is C18H12ClN5O2S. The van der Waals surface area contributed by atoms with Gasteiger partial charge in [-0.1, -0.05) is 17.7 Å². The van der Waals surface area contributed by atoms with Crippen molar-refractivity contribution in [1.29, 1.82) is 0 Å². The monoisotopic (exact) mass is 397 g/mol. The normalized spacial score (nSPS) is 10.9. The molecule has 0 aliphatic heterocycles. The molecule has 0 aliphatic carbocycles. The molecule has 9 heteroatoms. The van der Waals surface area contributed by atoms with Crippen LogP contribution in [-0.2, 0) is 11.3 Å². The van der Waals surface area contributed by atoms with E-state index in [1.165, 1.54) is 10.9 Å². The van der Waals surface area contributed by atoms with E-state index in [1.54, 1.807) is 48.8 Å². The molecule has 1 aromatic carbocycles. The summed E-state index contributed by atoms with van der Waals surface area (Å²) in [7, 11) is 0. The summed E-state index contributed by atoms with van der Waals surface area (Å²) in [6.07, 6.45) is 4.67. The molecular weight excluding hydrogens is 386 g/mol.